The summed E-state index contributed by atoms with van der Waals surface area (Å²) in [6.45, 7) is 2.94. The maximum absolute atomic E-state index is 14.0. The van der Waals surface area contributed by atoms with E-state index in [1.54, 1.807) is 19.9 Å². The van der Waals surface area contributed by atoms with Gasteiger partial charge in [0, 0.05) is 12.1 Å². The van der Waals surface area contributed by atoms with Crippen LogP contribution in [0.15, 0.2) is 48.5 Å². The molecule has 0 aromatic heterocycles. The van der Waals surface area contributed by atoms with Crippen molar-refractivity contribution in [3.05, 3.63) is 71.3 Å². The highest BCUT2D eigenvalue weighted by Crippen LogP contribution is 2.26. The van der Waals surface area contributed by atoms with Gasteiger partial charge in [0.1, 0.15) is 11.6 Å². The number of nitrogens with one attached hydrogen (secondary N) is 1. The van der Waals surface area contributed by atoms with Gasteiger partial charge in [0.15, 0.2) is 0 Å². The molecule has 0 radical (unpaired) electrons. The number of hydrogen-bond donors (Lipinski definition) is 2. The number of halogens is 2. The van der Waals surface area contributed by atoms with Gasteiger partial charge in [-0.3, -0.25) is 9.59 Å². The number of benzene rings is 2. The van der Waals surface area contributed by atoms with Gasteiger partial charge in [-0.05, 0) is 37.6 Å². The summed E-state index contributed by atoms with van der Waals surface area (Å²) < 4.78 is 27.0. The molecule has 0 saturated heterocycles. The van der Waals surface area contributed by atoms with Gasteiger partial charge in [-0.2, -0.15) is 0 Å². The quantitative estimate of drug-likeness (QED) is 0.843. The van der Waals surface area contributed by atoms with Crippen molar-refractivity contribution in [2.24, 2.45) is 0 Å². The third kappa shape index (κ3) is 4.21. The Morgan fingerprint density at radius 1 is 1.08 bits per heavy atom. The zero-order chi connectivity index (χ0) is 18.6. The Balaban J connectivity index is 2.14. The van der Waals surface area contributed by atoms with Crippen LogP contribution >= 0.6 is 0 Å². The molecule has 0 aliphatic heterocycles. The van der Waals surface area contributed by atoms with Crippen molar-refractivity contribution in [3.8, 4) is 0 Å². The Bertz CT molecular complexity index is 772. The molecule has 6 heteroatoms. The summed E-state index contributed by atoms with van der Waals surface area (Å²) in [5.74, 6) is -3.64. The molecule has 0 fully saturated rings. The van der Waals surface area contributed by atoms with Crippen molar-refractivity contribution in [1.29, 1.82) is 0 Å². The Kier molecular flexibility index (Phi) is 5.51. The minimum Gasteiger partial charge on any atom is -0.481 e. The first-order valence-electron chi connectivity index (χ1n) is 7.75. The van der Waals surface area contributed by atoms with Crippen LogP contribution in [0.5, 0.6) is 0 Å². The van der Waals surface area contributed by atoms with E-state index in [4.69, 9.17) is 0 Å². The summed E-state index contributed by atoms with van der Waals surface area (Å²) in [5, 5.41) is 11.9. The van der Waals surface area contributed by atoms with E-state index in [9.17, 15) is 23.5 Å². The van der Waals surface area contributed by atoms with Crippen molar-refractivity contribution in [1.82, 2.24) is 5.32 Å². The molecule has 0 aliphatic rings. The van der Waals surface area contributed by atoms with E-state index in [1.807, 2.05) is 0 Å². The summed E-state index contributed by atoms with van der Waals surface area (Å²) in [5.41, 5.74) is -0.573. The zero-order valence-corrected chi connectivity index (χ0v) is 13.9. The molecule has 132 valence electrons. The van der Waals surface area contributed by atoms with Crippen LogP contribution in [0.25, 0.3) is 0 Å². The van der Waals surface area contributed by atoms with E-state index in [1.165, 1.54) is 30.3 Å². The number of hydrogen-bond acceptors (Lipinski definition) is 2. The molecular formula is C19H19F2NO3. The second kappa shape index (κ2) is 7.42. The lowest BCUT2D eigenvalue weighted by Crippen LogP contribution is -2.43. The van der Waals surface area contributed by atoms with Gasteiger partial charge >= 0.3 is 5.97 Å². The van der Waals surface area contributed by atoms with Gasteiger partial charge in [0.05, 0.1) is 11.3 Å². The third-order valence-corrected chi connectivity index (χ3v) is 4.15. The van der Waals surface area contributed by atoms with Gasteiger partial charge in [0.2, 0.25) is 5.91 Å². The van der Waals surface area contributed by atoms with E-state index in [-0.39, 0.29) is 12.1 Å². The largest absolute Gasteiger partial charge is 0.481 e. The smallest absolute Gasteiger partial charge is 0.312 e. The maximum Gasteiger partial charge on any atom is 0.312 e. The second-order valence-corrected chi connectivity index (χ2v) is 6.26. The van der Waals surface area contributed by atoms with Gasteiger partial charge in [0.25, 0.3) is 0 Å². The predicted molar refractivity (Wildman–Crippen MR) is 89.2 cm³/mol. The Hall–Kier alpha value is -2.76. The van der Waals surface area contributed by atoms with Gasteiger partial charge < -0.3 is 10.4 Å². The molecule has 0 aliphatic carbocycles. The van der Waals surface area contributed by atoms with E-state index < -0.39 is 34.8 Å². The van der Waals surface area contributed by atoms with Crippen LogP contribution in [0.4, 0.5) is 8.78 Å². The highest BCUT2D eigenvalue weighted by atomic mass is 19.1. The molecule has 2 rings (SSSR count). The van der Waals surface area contributed by atoms with Crippen LogP contribution in [0.1, 0.15) is 30.9 Å². The van der Waals surface area contributed by atoms with Crippen LogP contribution < -0.4 is 5.32 Å². The second-order valence-electron chi connectivity index (χ2n) is 6.26. The summed E-state index contributed by atoms with van der Waals surface area (Å²) in [7, 11) is 0. The molecule has 0 heterocycles. The van der Waals surface area contributed by atoms with Crippen molar-refractivity contribution in [2.75, 3.05) is 6.54 Å². The molecular weight excluding hydrogens is 328 g/mol. The van der Waals surface area contributed by atoms with Gasteiger partial charge in [-0.15, -0.1) is 0 Å². The van der Waals surface area contributed by atoms with Crippen LogP contribution in [0.3, 0.4) is 0 Å². The Labute approximate surface area is 144 Å². The van der Waals surface area contributed by atoms with E-state index in [0.717, 1.165) is 12.1 Å². The molecule has 0 spiro atoms. The van der Waals surface area contributed by atoms with E-state index >= 15 is 0 Å². The molecule has 2 aromatic rings. The van der Waals surface area contributed by atoms with Crippen molar-refractivity contribution >= 4 is 11.9 Å². The Morgan fingerprint density at radius 2 is 1.68 bits per heavy atom. The molecule has 25 heavy (non-hydrogen) atoms. The molecule has 0 bridgehead atoms. The SMILES string of the molecule is CC(C)(C(=O)NCC(C(=O)O)c1ccc(F)cc1)c1ccccc1F. The minimum absolute atomic E-state index is 0.183. The number of carboxylic acids is 1. The number of aliphatic carboxylic acids is 1. The van der Waals surface area contributed by atoms with E-state index in [2.05, 4.69) is 5.32 Å². The lowest BCUT2D eigenvalue weighted by atomic mass is 9.83. The summed E-state index contributed by atoms with van der Waals surface area (Å²) in [6.07, 6.45) is 0. The van der Waals surface area contributed by atoms with Crippen molar-refractivity contribution in [2.45, 2.75) is 25.2 Å². The fourth-order valence-corrected chi connectivity index (χ4v) is 2.55. The average Bonchev–Trinajstić information content (AvgIpc) is 2.56. The number of carboxylic acid groups (broad SMARTS) is 1. The minimum atomic E-state index is -1.17. The monoisotopic (exact) mass is 347 g/mol. The number of carbonyl (C=O) groups excluding carboxylic acids is 1. The third-order valence-electron chi connectivity index (χ3n) is 4.15. The molecule has 2 N–H and O–H groups in total. The molecule has 1 amide bonds. The van der Waals surface area contributed by atoms with Crippen molar-refractivity contribution in [3.63, 3.8) is 0 Å². The first kappa shape index (κ1) is 18.6. The van der Waals surface area contributed by atoms with Crippen LogP contribution in [-0.2, 0) is 15.0 Å². The highest BCUT2D eigenvalue weighted by Gasteiger charge is 2.33. The zero-order valence-electron chi connectivity index (χ0n) is 13.9. The molecule has 1 unspecified atom stereocenters. The lowest BCUT2D eigenvalue weighted by Gasteiger charge is -2.25. The van der Waals surface area contributed by atoms with Gasteiger partial charge in [-0.25, -0.2) is 8.78 Å². The lowest BCUT2D eigenvalue weighted by molar-refractivity contribution is -0.138. The van der Waals surface area contributed by atoms with Crippen LogP contribution in [-0.4, -0.2) is 23.5 Å². The Morgan fingerprint density at radius 3 is 2.24 bits per heavy atom. The first-order valence-corrected chi connectivity index (χ1v) is 7.75. The summed E-state index contributed by atoms with van der Waals surface area (Å²) >= 11 is 0. The average molecular weight is 347 g/mol. The van der Waals surface area contributed by atoms with Crippen molar-refractivity contribution < 1.29 is 23.5 Å². The number of amides is 1. The molecule has 1 atom stereocenters. The summed E-state index contributed by atoms with van der Waals surface area (Å²) in [6, 6.07) is 11.0. The van der Waals surface area contributed by atoms with Crippen LogP contribution in [0, 0.1) is 11.6 Å². The standard InChI is InChI=1S/C19H19F2NO3/c1-19(2,15-5-3-4-6-16(15)21)18(25)22-11-14(17(23)24)12-7-9-13(20)10-8-12/h3-10,14H,11H2,1-2H3,(H,22,25)(H,23,24). The fraction of sp³-hybridized carbons (Fsp3) is 0.263. The normalized spacial score (nSPS) is 12.5. The first-order chi connectivity index (χ1) is 11.7. The summed E-state index contributed by atoms with van der Waals surface area (Å²) in [4.78, 5) is 24.0. The molecule has 0 saturated carbocycles. The number of rotatable bonds is 6. The number of carbonyl (C=O) groups is 2. The van der Waals surface area contributed by atoms with Crippen LogP contribution in [0.2, 0.25) is 0 Å². The van der Waals surface area contributed by atoms with Gasteiger partial charge in [-0.1, -0.05) is 30.3 Å². The van der Waals surface area contributed by atoms with E-state index in [0.29, 0.717) is 5.56 Å². The highest BCUT2D eigenvalue weighted by molar-refractivity contribution is 5.88. The molecule has 4 nitrogen and oxygen atoms in total. The molecule has 2 aromatic carbocycles. The fourth-order valence-electron chi connectivity index (χ4n) is 2.55. The maximum atomic E-state index is 14.0. The predicted octanol–water partition coefficient (Wildman–Crippen LogP) is 3.23. The topological polar surface area (TPSA) is 66.4 Å².